The van der Waals surface area contributed by atoms with Crippen molar-refractivity contribution in [3.05, 3.63) is 29.3 Å². The zero-order valence-electron chi connectivity index (χ0n) is 20.1. The van der Waals surface area contributed by atoms with Crippen LogP contribution in [0.15, 0.2) is 24.3 Å². The summed E-state index contributed by atoms with van der Waals surface area (Å²) in [6.07, 6.45) is 2.15. The number of halogens is 1. The highest BCUT2D eigenvalue weighted by Crippen LogP contribution is 2.64. The molecule has 186 valence electrons. The topological polar surface area (TPSA) is 108 Å². The molecule has 1 aromatic rings. The van der Waals surface area contributed by atoms with Crippen molar-refractivity contribution in [2.45, 2.75) is 69.7 Å². The summed E-state index contributed by atoms with van der Waals surface area (Å²) < 4.78 is 6.66. The van der Waals surface area contributed by atoms with Crippen LogP contribution in [-0.4, -0.2) is 64.7 Å². The monoisotopic (exact) mass is 491 g/mol. The van der Waals surface area contributed by atoms with E-state index in [0.29, 0.717) is 36.4 Å². The zero-order chi connectivity index (χ0) is 24.8. The summed E-state index contributed by atoms with van der Waals surface area (Å²) in [4.78, 5) is 42.5. The number of anilines is 1. The highest BCUT2D eigenvalue weighted by atomic mass is 35.5. The first-order valence-electron chi connectivity index (χ1n) is 12.1. The van der Waals surface area contributed by atoms with Crippen LogP contribution < -0.4 is 10.6 Å². The lowest BCUT2D eigenvalue weighted by Crippen LogP contribution is -2.56. The molecule has 3 fully saturated rings. The van der Waals surface area contributed by atoms with E-state index < -0.39 is 41.0 Å². The molecule has 3 aliphatic rings. The van der Waals surface area contributed by atoms with Crippen LogP contribution in [0.4, 0.5) is 5.69 Å². The maximum atomic E-state index is 14.0. The predicted octanol–water partition coefficient (Wildman–Crippen LogP) is 2.59. The summed E-state index contributed by atoms with van der Waals surface area (Å²) in [6, 6.07) is 5.35. The van der Waals surface area contributed by atoms with Gasteiger partial charge in [0.1, 0.15) is 11.6 Å². The van der Waals surface area contributed by atoms with Gasteiger partial charge in [0.2, 0.25) is 17.7 Å². The van der Waals surface area contributed by atoms with Gasteiger partial charge >= 0.3 is 0 Å². The van der Waals surface area contributed by atoms with Crippen molar-refractivity contribution in [3.63, 3.8) is 0 Å². The Morgan fingerprint density at radius 2 is 1.97 bits per heavy atom. The first kappa shape index (κ1) is 24.9. The SMILES string of the molecule is CC[C@@]12CCC3(O1)C(C(=O)Nc1ccccc1Cl)N([C@@H](CO)CC(C)C)C(=O)[C@@H]3[C@@H]2C(=O)NC. The number of ether oxygens (including phenoxy) is 1. The third-order valence-electron chi connectivity index (χ3n) is 7.88. The van der Waals surface area contributed by atoms with Crippen LogP contribution in [0.2, 0.25) is 5.02 Å². The van der Waals surface area contributed by atoms with E-state index in [9.17, 15) is 19.5 Å². The van der Waals surface area contributed by atoms with Gasteiger partial charge in [-0.3, -0.25) is 14.4 Å². The Morgan fingerprint density at radius 1 is 1.26 bits per heavy atom. The van der Waals surface area contributed by atoms with Gasteiger partial charge in [-0.1, -0.05) is 44.5 Å². The van der Waals surface area contributed by atoms with E-state index in [-0.39, 0.29) is 24.3 Å². The number of hydrogen-bond donors (Lipinski definition) is 3. The molecule has 0 aromatic heterocycles. The summed E-state index contributed by atoms with van der Waals surface area (Å²) in [6.45, 7) is 5.67. The van der Waals surface area contributed by atoms with Crippen molar-refractivity contribution in [3.8, 4) is 0 Å². The number of amides is 3. The lowest BCUT2D eigenvalue weighted by Gasteiger charge is -2.37. The van der Waals surface area contributed by atoms with Gasteiger partial charge in [0.25, 0.3) is 0 Å². The molecule has 3 heterocycles. The number of carbonyl (C=O) groups is 3. The van der Waals surface area contributed by atoms with Crippen LogP contribution in [-0.2, 0) is 19.1 Å². The maximum absolute atomic E-state index is 14.0. The minimum Gasteiger partial charge on any atom is -0.394 e. The standard InChI is InChI=1S/C25H34ClN3O5/c1-5-24-10-11-25(34-24)19(18(24)21(31)27-4)23(33)29(15(13-30)12-14(2)3)20(25)22(32)28-17-9-7-6-8-16(17)26/h6-9,14-15,18-20,30H,5,10-13H2,1-4H3,(H,27,31)(H,28,32)/t15-,18-,19+,20?,24+,25?/m1/s1. The number of rotatable bonds is 8. The molecule has 0 saturated carbocycles. The van der Waals surface area contributed by atoms with Gasteiger partial charge in [-0.05, 0) is 43.7 Å². The lowest BCUT2D eigenvalue weighted by atomic mass is 9.65. The molecule has 9 heteroatoms. The molecule has 3 amide bonds. The minimum atomic E-state index is -1.14. The summed E-state index contributed by atoms with van der Waals surface area (Å²) in [5.74, 6) is -2.27. The first-order valence-corrected chi connectivity index (χ1v) is 12.4. The average Bonchev–Trinajstić information content (AvgIpc) is 3.42. The molecule has 2 bridgehead atoms. The number of carbonyl (C=O) groups excluding carboxylic acids is 3. The maximum Gasteiger partial charge on any atom is 0.250 e. The van der Waals surface area contributed by atoms with Gasteiger partial charge in [0, 0.05) is 7.05 Å². The Labute approximate surface area is 205 Å². The van der Waals surface area contributed by atoms with Crippen molar-refractivity contribution in [2.75, 3.05) is 19.0 Å². The third kappa shape index (κ3) is 3.62. The molecule has 3 aliphatic heterocycles. The van der Waals surface area contributed by atoms with E-state index in [2.05, 4.69) is 10.6 Å². The van der Waals surface area contributed by atoms with E-state index in [1.165, 1.54) is 4.90 Å². The Bertz CT molecular complexity index is 987. The Kier molecular flexibility index (Phi) is 6.70. The quantitative estimate of drug-likeness (QED) is 0.518. The fraction of sp³-hybridized carbons (Fsp3) is 0.640. The number of para-hydroxylation sites is 1. The van der Waals surface area contributed by atoms with E-state index >= 15 is 0 Å². The van der Waals surface area contributed by atoms with Crippen LogP contribution in [0.5, 0.6) is 0 Å². The number of benzene rings is 1. The van der Waals surface area contributed by atoms with Crippen LogP contribution in [0.1, 0.15) is 46.5 Å². The number of aliphatic hydroxyl groups is 1. The van der Waals surface area contributed by atoms with Crippen LogP contribution in [0.3, 0.4) is 0 Å². The first-order chi connectivity index (χ1) is 16.2. The van der Waals surface area contributed by atoms with Crippen molar-refractivity contribution in [1.82, 2.24) is 10.2 Å². The van der Waals surface area contributed by atoms with Crippen molar-refractivity contribution < 1.29 is 24.2 Å². The van der Waals surface area contributed by atoms with Gasteiger partial charge in [0.05, 0.1) is 40.8 Å². The van der Waals surface area contributed by atoms with E-state index in [0.717, 1.165) is 0 Å². The van der Waals surface area contributed by atoms with Crippen LogP contribution in [0, 0.1) is 17.8 Å². The predicted molar refractivity (Wildman–Crippen MR) is 128 cm³/mol. The molecule has 0 radical (unpaired) electrons. The molecule has 8 nitrogen and oxygen atoms in total. The largest absolute Gasteiger partial charge is 0.394 e. The van der Waals surface area contributed by atoms with Gasteiger partial charge in [-0.15, -0.1) is 0 Å². The fourth-order valence-corrected chi connectivity index (χ4v) is 6.67. The molecule has 1 spiro atoms. The average molecular weight is 492 g/mol. The smallest absolute Gasteiger partial charge is 0.250 e. The highest BCUT2D eigenvalue weighted by molar-refractivity contribution is 6.33. The molecular weight excluding hydrogens is 458 g/mol. The molecule has 4 rings (SSSR count). The van der Waals surface area contributed by atoms with Gasteiger partial charge in [0.15, 0.2) is 0 Å². The van der Waals surface area contributed by atoms with E-state index in [4.69, 9.17) is 16.3 Å². The molecule has 3 saturated heterocycles. The summed E-state index contributed by atoms with van der Waals surface area (Å²) in [5.41, 5.74) is -1.49. The number of nitrogens with zero attached hydrogens (tertiary/aromatic N) is 1. The Hall–Kier alpha value is -2.16. The third-order valence-corrected chi connectivity index (χ3v) is 8.20. The van der Waals surface area contributed by atoms with Crippen molar-refractivity contribution in [2.24, 2.45) is 17.8 Å². The van der Waals surface area contributed by atoms with E-state index in [1.54, 1.807) is 31.3 Å². The number of aliphatic hydroxyl groups excluding tert-OH is 1. The lowest BCUT2D eigenvalue weighted by molar-refractivity contribution is -0.149. The number of likely N-dealkylation sites (tertiary alicyclic amines) is 1. The number of nitrogens with one attached hydrogen (secondary N) is 2. The number of hydrogen-bond acceptors (Lipinski definition) is 5. The Balaban J connectivity index is 1.81. The van der Waals surface area contributed by atoms with Crippen molar-refractivity contribution >= 4 is 35.0 Å². The Morgan fingerprint density at radius 3 is 2.56 bits per heavy atom. The van der Waals surface area contributed by atoms with Crippen LogP contribution in [0.25, 0.3) is 0 Å². The second kappa shape index (κ2) is 9.13. The van der Waals surface area contributed by atoms with E-state index in [1.807, 2.05) is 20.8 Å². The van der Waals surface area contributed by atoms with Gasteiger partial charge < -0.3 is 25.4 Å². The molecule has 3 N–H and O–H groups in total. The van der Waals surface area contributed by atoms with Gasteiger partial charge in [-0.2, -0.15) is 0 Å². The summed E-state index contributed by atoms with van der Waals surface area (Å²) >= 11 is 6.30. The number of fused-ring (bicyclic) bond motifs is 1. The van der Waals surface area contributed by atoms with Crippen molar-refractivity contribution in [1.29, 1.82) is 0 Å². The molecule has 0 aliphatic carbocycles. The zero-order valence-corrected chi connectivity index (χ0v) is 20.9. The molecule has 1 aromatic carbocycles. The van der Waals surface area contributed by atoms with Crippen LogP contribution >= 0.6 is 11.6 Å². The minimum absolute atomic E-state index is 0.184. The fourth-order valence-electron chi connectivity index (χ4n) is 6.49. The molecule has 6 atom stereocenters. The normalized spacial score (nSPS) is 32.7. The molecular formula is C25H34ClN3O5. The second-order valence-electron chi connectivity index (χ2n) is 10.1. The van der Waals surface area contributed by atoms with Gasteiger partial charge in [-0.25, -0.2) is 0 Å². The second-order valence-corrected chi connectivity index (χ2v) is 10.5. The highest BCUT2D eigenvalue weighted by Gasteiger charge is 2.79. The molecule has 2 unspecified atom stereocenters. The summed E-state index contributed by atoms with van der Waals surface area (Å²) in [7, 11) is 1.55. The molecule has 34 heavy (non-hydrogen) atoms. The summed E-state index contributed by atoms with van der Waals surface area (Å²) in [5, 5.41) is 16.2.